The molecule has 0 N–H and O–H groups in total. The van der Waals surface area contributed by atoms with Gasteiger partial charge in [-0.25, -0.2) is 9.97 Å². The van der Waals surface area contributed by atoms with Crippen LogP contribution in [0.2, 0.25) is 0 Å². The van der Waals surface area contributed by atoms with Crippen LogP contribution in [0, 0.1) is 12.8 Å². The van der Waals surface area contributed by atoms with E-state index < -0.39 is 0 Å². The predicted octanol–water partition coefficient (Wildman–Crippen LogP) is 2.58. The summed E-state index contributed by atoms with van der Waals surface area (Å²) < 4.78 is 0. The van der Waals surface area contributed by atoms with Crippen molar-refractivity contribution in [3.63, 3.8) is 0 Å². The van der Waals surface area contributed by atoms with Gasteiger partial charge in [0.25, 0.3) is 0 Å². The number of carbonyl (C=O) groups is 1. The zero-order valence-electron chi connectivity index (χ0n) is 9.87. The Hall–Kier alpha value is -1.25. The molecule has 0 aliphatic heterocycles. The van der Waals surface area contributed by atoms with Crippen LogP contribution in [0.5, 0.6) is 0 Å². The number of nitrogens with zero attached hydrogens (tertiary/aromatic N) is 2. The summed E-state index contributed by atoms with van der Waals surface area (Å²) in [5.41, 5.74) is 1.42. The van der Waals surface area contributed by atoms with E-state index in [1.807, 2.05) is 6.92 Å². The molecule has 0 atom stereocenters. The number of aromatic nitrogens is 2. The number of ketones is 1. The Morgan fingerprint density at radius 3 is 2.60 bits per heavy atom. The Bertz CT molecular complexity index is 359. The first-order chi connectivity index (χ1) is 7.00. The Morgan fingerprint density at radius 1 is 1.47 bits per heavy atom. The fraction of sp³-hybridized carbons (Fsp3) is 0.583. The van der Waals surface area contributed by atoms with Crippen LogP contribution in [0.15, 0.2) is 6.20 Å². The maximum atomic E-state index is 11.2. The minimum Gasteiger partial charge on any atom is -0.294 e. The van der Waals surface area contributed by atoms with Gasteiger partial charge >= 0.3 is 0 Å². The Morgan fingerprint density at radius 2 is 2.13 bits per heavy atom. The highest BCUT2D eigenvalue weighted by molar-refractivity contribution is 5.94. The third-order valence-corrected chi connectivity index (χ3v) is 2.35. The highest BCUT2D eigenvalue weighted by atomic mass is 16.1. The van der Waals surface area contributed by atoms with Crippen molar-refractivity contribution in [3.05, 3.63) is 23.3 Å². The molecule has 1 aromatic heterocycles. The number of rotatable bonds is 4. The maximum absolute atomic E-state index is 11.2. The van der Waals surface area contributed by atoms with E-state index in [0.717, 1.165) is 24.4 Å². The lowest BCUT2D eigenvalue weighted by atomic mass is 10.1. The molecule has 0 aromatic carbocycles. The van der Waals surface area contributed by atoms with Crippen molar-refractivity contribution in [1.82, 2.24) is 9.97 Å². The second-order valence-corrected chi connectivity index (χ2v) is 4.27. The normalized spacial score (nSPS) is 10.7. The van der Waals surface area contributed by atoms with Gasteiger partial charge in [-0.15, -0.1) is 0 Å². The highest BCUT2D eigenvalue weighted by Gasteiger charge is 2.07. The van der Waals surface area contributed by atoms with Crippen LogP contribution in [0.1, 0.15) is 49.1 Å². The SMILES string of the molecule is CC(=O)c1cnc(CCC(C)C)nc1C. The van der Waals surface area contributed by atoms with Crippen molar-refractivity contribution in [2.45, 2.75) is 40.5 Å². The van der Waals surface area contributed by atoms with Crippen LogP contribution >= 0.6 is 0 Å². The summed E-state index contributed by atoms with van der Waals surface area (Å²) in [7, 11) is 0. The second kappa shape index (κ2) is 5.01. The molecule has 1 heterocycles. The summed E-state index contributed by atoms with van der Waals surface area (Å²) in [4.78, 5) is 19.7. The van der Waals surface area contributed by atoms with Gasteiger partial charge in [0.1, 0.15) is 5.82 Å². The van der Waals surface area contributed by atoms with E-state index >= 15 is 0 Å². The van der Waals surface area contributed by atoms with E-state index in [1.165, 1.54) is 0 Å². The van der Waals surface area contributed by atoms with Gasteiger partial charge in [0.05, 0.1) is 11.3 Å². The molecule has 15 heavy (non-hydrogen) atoms. The van der Waals surface area contributed by atoms with E-state index in [4.69, 9.17) is 0 Å². The first-order valence-electron chi connectivity index (χ1n) is 5.34. The van der Waals surface area contributed by atoms with Crippen LogP contribution in [-0.4, -0.2) is 15.8 Å². The van der Waals surface area contributed by atoms with Crippen LogP contribution in [0.3, 0.4) is 0 Å². The zero-order valence-corrected chi connectivity index (χ0v) is 9.87. The Balaban J connectivity index is 2.78. The van der Waals surface area contributed by atoms with Crippen LogP contribution in [0.25, 0.3) is 0 Å². The van der Waals surface area contributed by atoms with Gasteiger partial charge in [0.2, 0.25) is 0 Å². The smallest absolute Gasteiger partial charge is 0.163 e. The number of hydrogen-bond donors (Lipinski definition) is 0. The molecular weight excluding hydrogens is 188 g/mol. The zero-order chi connectivity index (χ0) is 11.4. The molecule has 0 amide bonds. The van der Waals surface area contributed by atoms with Crippen molar-refractivity contribution >= 4 is 5.78 Å². The molecule has 0 spiro atoms. The van der Waals surface area contributed by atoms with Crippen LogP contribution < -0.4 is 0 Å². The summed E-state index contributed by atoms with van der Waals surface area (Å²) in [6, 6.07) is 0. The van der Waals surface area contributed by atoms with Crippen molar-refractivity contribution < 1.29 is 4.79 Å². The van der Waals surface area contributed by atoms with Gasteiger partial charge in [-0.3, -0.25) is 4.79 Å². The lowest BCUT2D eigenvalue weighted by Gasteiger charge is -2.05. The van der Waals surface area contributed by atoms with Crippen molar-refractivity contribution in [2.75, 3.05) is 0 Å². The molecule has 3 nitrogen and oxygen atoms in total. The number of hydrogen-bond acceptors (Lipinski definition) is 3. The molecule has 0 radical (unpaired) electrons. The standard InChI is InChI=1S/C12H18N2O/c1-8(2)5-6-12-13-7-11(10(4)15)9(3)14-12/h7-8H,5-6H2,1-4H3. The van der Waals surface area contributed by atoms with E-state index in [0.29, 0.717) is 11.5 Å². The lowest BCUT2D eigenvalue weighted by Crippen LogP contribution is -2.05. The molecule has 0 unspecified atom stereocenters. The molecular formula is C12H18N2O. The Kier molecular flexibility index (Phi) is 3.95. The van der Waals surface area contributed by atoms with E-state index in [2.05, 4.69) is 23.8 Å². The van der Waals surface area contributed by atoms with Crippen LogP contribution in [-0.2, 0) is 6.42 Å². The fourth-order valence-corrected chi connectivity index (χ4v) is 1.40. The molecule has 0 saturated carbocycles. The van der Waals surface area contributed by atoms with Crippen molar-refractivity contribution in [3.8, 4) is 0 Å². The quantitative estimate of drug-likeness (QED) is 0.711. The monoisotopic (exact) mass is 206 g/mol. The number of Topliss-reactive ketones (excluding diaryl/α,β-unsaturated/α-hetero) is 1. The molecule has 0 aliphatic rings. The van der Waals surface area contributed by atoms with Crippen LogP contribution in [0.4, 0.5) is 0 Å². The molecule has 1 rings (SSSR count). The summed E-state index contributed by atoms with van der Waals surface area (Å²) in [5, 5.41) is 0. The third kappa shape index (κ3) is 3.42. The summed E-state index contributed by atoms with van der Waals surface area (Å²) in [6.07, 6.45) is 3.61. The van der Waals surface area contributed by atoms with Gasteiger partial charge < -0.3 is 0 Å². The minimum absolute atomic E-state index is 0.0305. The second-order valence-electron chi connectivity index (χ2n) is 4.27. The Labute approximate surface area is 91.0 Å². The van der Waals surface area contributed by atoms with Gasteiger partial charge in [0, 0.05) is 12.6 Å². The summed E-state index contributed by atoms with van der Waals surface area (Å²) in [5.74, 6) is 1.52. The third-order valence-electron chi connectivity index (χ3n) is 2.35. The molecule has 0 fully saturated rings. The van der Waals surface area contributed by atoms with E-state index in [9.17, 15) is 4.79 Å². The minimum atomic E-state index is 0.0305. The lowest BCUT2D eigenvalue weighted by molar-refractivity contribution is 0.101. The van der Waals surface area contributed by atoms with Gasteiger partial charge in [0.15, 0.2) is 5.78 Å². The molecule has 0 aliphatic carbocycles. The molecule has 0 bridgehead atoms. The molecule has 0 saturated heterocycles. The van der Waals surface area contributed by atoms with Gasteiger partial charge in [-0.05, 0) is 26.2 Å². The molecule has 82 valence electrons. The fourth-order valence-electron chi connectivity index (χ4n) is 1.40. The molecule has 3 heteroatoms. The van der Waals surface area contributed by atoms with Gasteiger partial charge in [-0.1, -0.05) is 13.8 Å². The largest absolute Gasteiger partial charge is 0.294 e. The highest BCUT2D eigenvalue weighted by Crippen LogP contribution is 2.08. The first kappa shape index (κ1) is 11.8. The predicted molar refractivity (Wildman–Crippen MR) is 59.9 cm³/mol. The first-order valence-corrected chi connectivity index (χ1v) is 5.34. The molecule has 1 aromatic rings. The van der Waals surface area contributed by atoms with Gasteiger partial charge in [-0.2, -0.15) is 0 Å². The maximum Gasteiger partial charge on any atom is 0.163 e. The number of aryl methyl sites for hydroxylation is 2. The van der Waals surface area contributed by atoms with Crippen molar-refractivity contribution in [1.29, 1.82) is 0 Å². The van der Waals surface area contributed by atoms with E-state index in [1.54, 1.807) is 13.1 Å². The summed E-state index contributed by atoms with van der Waals surface area (Å²) >= 11 is 0. The number of carbonyl (C=O) groups excluding carboxylic acids is 1. The average molecular weight is 206 g/mol. The van der Waals surface area contributed by atoms with E-state index in [-0.39, 0.29) is 5.78 Å². The summed E-state index contributed by atoms with van der Waals surface area (Å²) in [6.45, 7) is 7.75. The topological polar surface area (TPSA) is 42.9 Å². The van der Waals surface area contributed by atoms with Crippen molar-refractivity contribution in [2.24, 2.45) is 5.92 Å². The average Bonchev–Trinajstić information content (AvgIpc) is 2.14.